The van der Waals surface area contributed by atoms with Crippen LogP contribution in [-0.2, 0) is 6.54 Å². The van der Waals surface area contributed by atoms with Crippen molar-refractivity contribution >= 4 is 5.95 Å². The van der Waals surface area contributed by atoms with E-state index in [1.54, 1.807) is 0 Å². The molecule has 0 aromatic carbocycles. The molecule has 4 nitrogen and oxygen atoms in total. The van der Waals surface area contributed by atoms with Gasteiger partial charge in [0.15, 0.2) is 0 Å². The van der Waals surface area contributed by atoms with Crippen molar-refractivity contribution in [2.24, 2.45) is 5.73 Å². The van der Waals surface area contributed by atoms with Gasteiger partial charge in [-0.15, -0.1) is 0 Å². The van der Waals surface area contributed by atoms with Crippen molar-refractivity contribution < 1.29 is 0 Å². The number of rotatable bonds is 2. The number of aromatic nitrogens is 2. The highest BCUT2D eigenvalue weighted by Gasteiger charge is 2.33. The summed E-state index contributed by atoms with van der Waals surface area (Å²) in [7, 11) is 0. The second kappa shape index (κ2) is 3.77. The maximum Gasteiger partial charge on any atom is 0.225 e. The minimum atomic E-state index is 0.185. The largest absolute Gasteiger partial charge is 0.336 e. The fraction of sp³-hybridized carbons (Fsp3) is 0.636. The Hall–Kier alpha value is -1.16. The summed E-state index contributed by atoms with van der Waals surface area (Å²) in [5, 5.41) is 0. The van der Waals surface area contributed by atoms with Gasteiger partial charge in [-0.25, -0.2) is 9.97 Å². The molecule has 0 unspecified atom stereocenters. The summed E-state index contributed by atoms with van der Waals surface area (Å²) in [5.41, 5.74) is 6.68. The van der Waals surface area contributed by atoms with Crippen molar-refractivity contribution in [3.8, 4) is 0 Å². The average Bonchev–Trinajstić information content (AvgIpc) is 2.58. The van der Waals surface area contributed by atoms with Crippen LogP contribution in [0.25, 0.3) is 0 Å². The van der Waals surface area contributed by atoms with Crippen molar-refractivity contribution in [2.75, 3.05) is 11.4 Å². The third-order valence-corrected chi connectivity index (χ3v) is 3.07. The molecule has 2 heterocycles. The van der Waals surface area contributed by atoms with Gasteiger partial charge in [-0.3, -0.25) is 0 Å². The molecule has 1 aliphatic heterocycles. The van der Waals surface area contributed by atoms with Gasteiger partial charge in [0, 0.05) is 36.6 Å². The van der Waals surface area contributed by atoms with Gasteiger partial charge in [0.2, 0.25) is 5.95 Å². The number of anilines is 1. The lowest BCUT2D eigenvalue weighted by atomic mass is 10.0. The Labute approximate surface area is 90.5 Å². The fourth-order valence-corrected chi connectivity index (χ4v) is 2.07. The Balaban J connectivity index is 2.22. The molecule has 0 spiro atoms. The van der Waals surface area contributed by atoms with E-state index in [2.05, 4.69) is 28.7 Å². The highest BCUT2D eigenvalue weighted by atomic mass is 15.3. The molecule has 0 aliphatic carbocycles. The number of nitrogens with two attached hydrogens (primary N) is 1. The van der Waals surface area contributed by atoms with Gasteiger partial charge >= 0.3 is 0 Å². The Morgan fingerprint density at radius 3 is 2.53 bits per heavy atom. The molecule has 0 amide bonds. The zero-order chi connectivity index (χ0) is 10.9. The van der Waals surface area contributed by atoms with Crippen LogP contribution in [0.3, 0.4) is 0 Å². The van der Waals surface area contributed by atoms with E-state index in [1.807, 2.05) is 12.4 Å². The van der Waals surface area contributed by atoms with Crippen LogP contribution in [0.4, 0.5) is 5.95 Å². The van der Waals surface area contributed by atoms with Crippen LogP contribution in [0.2, 0.25) is 0 Å². The summed E-state index contributed by atoms with van der Waals surface area (Å²) in [6.07, 6.45) is 6.05. The van der Waals surface area contributed by atoms with Crippen molar-refractivity contribution in [1.82, 2.24) is 9.97 Å². The van der Waals surface area contributed by atoms with Crippen molar-refractivity contribution in [3.63, 3.8) is 0 Å². The molecule has 0 radical (unpaired) electrons. The van der Waals surface area contributed by atoms with E-state index in [4.69, 9.17) is 5.73 Å². The standard InChI is InChI=1S/C11H18N4/c1-11(2)4-3-5-15(11)10-13-7-9(6-12)8-14-10/h7-8H,3-6,12H2,1-2H3. The van der Waals surface area contributed by atoms with Gasteiger partial charge in [0.05, 0.1) is 0 Å². The minimum Gasteiger partial charge on any atom is -0.336 e. The highest BCUT2D eigenvalue weighted by molar-refractivity contribution is 5.36. The summed E-state index contributed by atoms with van der Waals surface area (Å²) in [5.74, 6) is 0.828. The molecule has 0 saturated carbocycles. The smallest absolute Gasteiger partial charge is 0.225 e. The predicted molar refractivity (Wildman–Crippen MR) is 60.6 cm³/mol. The van der Waals surface area contributed by atoms with Gasteiger partial charge in [-0.2, -0.15) is 0 Å². The zero-order valence-electron chi connectivity index (χ0n) is 9.40. The van der Waals surface area contributed by atoms with Gasteiger partial charge in [0.1, 0.15) is 0 Å². The third-order valence-electron chi connectivity index (χ3n) is 3.07. The average molecular weight is 206 g/mol. The highest BCUT2D eigenvalue weighted by Crippen LogP contribution is 2.30. The van der Waals surface area contributed by atoms with Crippen LogP contribution in [0.1, 0.15) is 32.3 Å². The Morgan fingerprint density at radius 1 is 1.40 bits per heavy atom. The Morgan fingerprint density at radius 2 is 2.07 bits per heavy atom. The van der Waals surface area contributed by atoms with Gasteiger partial charge in [-0.05, 0) is 26.7 Å². The molecular weight excluding hydrogens is 188 g/mol. The Bertz CT molecular complexity index is 331. The summed E-state index contributed by atoms with van der Waals surface area (Å²) in [6.45, 7) is 6.03. The van der Waals surface area contributed by atoms with E-state index in [-0.39, 0.29) is 5.54 Å². The lowest BCUT2D eigenvalue weighted by Crippen LogP contribution is -2.39. The second-order valence-corrected chi connectivity index (χ2v) is 4.66. The van der Waals surface area contributed by atoms with Crippen LogP contribution in [-0.4, -0.2) is 22.1 Å². The third kappa shape index (κ3) is 1.95. The molecule has 4 heteroatoms. The molecule has 2 N–H and O–H groups in total. The maximum atomic E-state index is 5.51. The van der Waals surface area contributed by atoms with Gasteiger partial charge in [0.25, 0.3) is 0 Å². The van der Waals surface area contributed by atoms with Crippen LogP contribution in [0.15, 0.2) is 12.4 Å². The van der Waals surface area contributed by atoms with Crippen LogP contribution in [0, 0.1) is 0 Å². The first-order valence-electron chi connectivity index (χ1n) is 5.42. The van der Waals surface area contributed by atoms with Crippen molar-refractivity contribution in [2.45, 2.75) is 38.8 Å². The van der Waals surface area contributed by atoms with Crippen molar-refractivity contribution in [1.29, 1.82) is 0 Å². The van der Waals surface area contributed by atoms with Crippen molar-refractivity contribution in [3.05, 3.63) is 18.0 Å². The Kier molecular flexibility index (Phi) is 2.61. The van der Waals surface area contributed by atoms with E-state index in [1.165, 1.54) is 12.8 Å². The second-order valence-electron chi connectivity index (χ2n) is 4.66. The summed E-state index contributed by atoms with van der Waals surface area (Å²) in [4.78, 5) is 11.0. The monoisotopic (exact) mass is 206 g/mol. The van der Waals surface area contributed by atoms with Gasteiger partial charge < -0.3 is 10.6 Å². The van der Waals surface area contributed by atoms with Crippen LogP contribution >= 0.6 is 0 Å². The zero-order valence-corrected chi connectivity index (χ0v) is 9.40. The first kappa shape index (κ1) is 10.4. The minimum absolute atomic E-state index is 0.185. The molecule has 1 saturated heterocycles. The first-order valence-corrected chi connectivity index (χ1v) is 5.42. The van der Waals surface area contributed by atoms with Gasteiger partial charge in [-0.1, -0.05) is 0 Å². The molecule has 1 aliphatic rings. The summed E-state index contributed by atoms with van der Waals surface area (Å²) >= 11 is 0. The number of hydrogen-bond acceptors (Lipinski definition) is 4. The quantitative estimate of drug-likeness (QED) is 0.792. The number of nitrogens with zero attached hydrogens (tertiary/aromatic N) is 3. The molecule has 15 heavy (non-hydrogen) atoms. The van der Waals surface area contributed by atoms with E-state index in [0.717, 1.165) is 18.1 Å². The normalized spacial score (nSPS) is 19.5. The topological polar surface area (TPSA) is 55.0 Å². The lowest BCUT2D eigenvalue weighted by molar-refractivity contribution is 0.510. The first-order chi connectivity index (χ1) is 7.13. The molecule has 82 valence electrons. The van der Waals surface area contributed by atoms with E-state index in [9.17, 15) is 0 Å². The number of hydrogen-bond donors (Lipinski definition) is 1. The SMILES string of the molecule is CC1(C)CCCN1c1ncc(CN)cn1. The van der Waals surface area contributed by atoms with E-state index >= 15 is 0 Å². The maximum absolute atomic E-state index is 5.51. The molecule has 1 aromatic rings. The summed E-state index contributed by atoms with van der Waals surface area (Å²) < 4.78 is 0. The predicted octanol–water partition coefficient (Wildman–Crippen LogP) is 1.31. The van der Waals surface area contributed by atoms with E-state index in [0.29, 0.717) is 6.54 Å². The van der Waals surface area contributed by atoms with E-state index < -0.39 is 0 Å². The summed E-state index contributed by atoms with van der Waals surface area (Å²) in [6, 6.07) is 0. The lowest BCUT2D eigenvalue weighted by Gasteiger charge is -2.31. The molecule has 1 fully saturated rings. The fourth-order valence-electron chi connectivity index (χ4n) is 2.07. The molecule has 1 aromatic heterocycles. The molecular formula is C11H18N4. The molecule has 0 atom stereocenters. The van der Waals surface area contributed by atoms with Crippen LogP contribution in [0.5, 0.6) is 0 Å². The molecule has 2 rings (SSSR count). The van der Waals surface area contributed by atoms with Crippen LogP contribution < -0.4 is 10.6 Å². The molecule has 0 bridgehead atoms.